The molecule has 5 nitrogen and oxygen atoms in total. The zero-order valence-corrected chi connectivity index (χ0v) is 13.3. The van der Waals surface area contributed by atoms with Gasteiger partial charge < -0.3 is 10.9 Å². The second kappa shape index (κ2) is 7.06. The Labute approximate surface area is 128 Å². The molecule has 1 fully saturated rings. The van der Waals surface area contributed by atoms with E-state index in [1.54, 1.807) is 0 Å². The van der Waals surface area contributed by atoms with E-state index in [2.05, 4.69) is 55.2 Å². The molecule has 1 heterocycles. The quantitative estimate of drug-likeness (QED) is 0.379. The van der Waals surface area contributed by atoms with E-state index in [1.165, 1.54) is 5.56 Å². The average Bonchev–Trinajstić information content (AvgIpc) is 2.49. The molecule has 3 N–H and O–H groups in total. The molecule has 0 spiro atoms. The summed E-state index contributed by atoms with van der Waals surface area (Å²) in [6.45, 7) is 6.82. The molecule has 20 heavy (non-hydrogen) atoms. The van der Waals surface area contributed by atoms with Crippen LogP contribution in [0.3, 0.4) is 0 Å². The molecule has 1 saturated heterocycles. The second-order valence-electron chi connectivity index (χ2n) is 5.14. The number of hydrogen-bond donors (Lipinski definition) is 2. The third kappa shape index (κ3) is 3.94. The highest BCUT2D eigenvalue weighted by atomic mass is 79.9. The largest absolute Gasteiger partial charge is 0.409 e. The van der Waals surface area contributed by atoms with Crippen LogP contribution in [0.1, 0.15) is 12.5 Å². The summed E-state index contributed by atoms with van der Waals surface area (Å²) in [7, 11) is 0. The predicted molar refractivity (Wildman–Crippen MR) is 83.9 cm³/mol. The number of oxime groups is 1. The summed E-state index contributed by atoms with van der Waals surface area (Å²) in [5, 5.41) is 11.8. The average molecular weight is 341 g/mol. The number of piperazine rings is 1. The van der Waals surface area contributed by atoms with Gasteiger partial charge in [0, 0.05) is 37.2 Å². The van der Waals surface area contributed by atoms with Gasteiger partial charge in [0.15, 0.2) is 5.84 Å². The molecule has 1 aromatic rings. The van der Waals surface area contributed by atoms with Gasteiger partial charge in [-0.1, -0.05) is 33.2 Å². The minimum atomic E-state index is -0.00479. The van der Waals surface area contributed by atoms with Crippen LogP contribution in [0.4, 0.5) is 0 Å². The lowest BCUT2D eigenvalue weighted by molar-refractivity contribution is 0.116. The highest BCUT2D eigenvalue weighted by Crippen LogP contribution is 2.14. The summed E-state index contributed by atoms with van der Waals surface area (Å²) in [4.78, 5) is 4.67. The lowest BCUT2D eigenvalue weighted by Gasteiger charge is -2.37. The molecular weight excluding hydrogens is 320 g/mol. The van der Waals surface area contributed by atoms with E-state index < -0.39 is 0 Å². The molecule has 2 rings (SSSR count). The van der Waals surface area contributed by atoms with Crippen molar-refractivity contribution in [2.75, 3.05) is 26.2 Å². The summed E-state index contributed by atoms with van der Waals surface area (Å²) in [5.41, 5.74) is 6.99. The molecule has 1 atom stereocenters. The number of rotatable bonds is 4. The maximum atomic E-state index is 8.73. The monoisotopic (exact) mass is 340 g/mol. The molecule has 0 amide bonds. The van der Waals surface area contributed by atoms with Crippen LogP contribution in [0.5, 0.6) is 0 Å². The number of amidine groups is 1. The van der Waals surface area contributed by atoms with Crippen molar-refractivity contribution >= 4 is 21.8 Å². The molecule has 110 valence electrons. The van der Waals surface area contributed by atoms with Crippen molar-refractivity contribution in [2.45, 2.75) is 19.5 Å². The Kier molecular flexibility index (Phi) is 5.39. The van der Waals surface area contributed by atoms with Crippen molar-refractivity contribution in [3.8, 4) is 0 Å². The van der Waals surface area contributed by atoms with Gasteiger partial charge in [0.1, 0.15) is 0 Å². The van der Waals surface area contributed by atoms with Gasteiger partial charge in [-0.15, -0.1) is 0 Å². The SMILES string of the molecule is CC(C(N)=NO)N1CCN(Cc2ccc(Br)cc2)CC1. The first-order chi connectivity index (χ1) is 9.60. The van der Waals surface area contributed by atoms with E-state index in [1.807, 2.05) is 6.92 Å². The van der Waals surface area contributed by atoms with Crippen molar-refractivity contribution < 1.29 is 5.21 Å². The Morgan fingerprint density at radius 3 is 2.45 bits per heavy atom. The molecule has 1 aliphatic heterocycles. The fraction of sp³-hybridized carbons (Fsp3) is 0.500. The number of nitrogens with zero attached hydrogens (tertiary/aromatic N) is 3. The summed E-state index contributed by atoms with van der Waals surface area (Å²) in [5.74, 6) is 0.284. The molecule has 0 saturated carbocycles. The van der Waals surface area contributed by atoms with Crippen molar-refractivity contribution in [1.82, 2.24) is 9.80 Å². The number of nitrogens with two attached hydrogens (primary N) is 1. The van der Waals surface area contributed by atoms with E-state index in [-0.39, 0.29) is 11.9 Å². The van der Waals surface area contributed by atoms with Gasteiger partial charge >= 0.3 is 0 Å². The van der Waals surface area contributed by atoms with E-state index in [9.17, 15) is 0 Å². The minimum Gasteiger partial charge on any atom is -0.409 e. The third-order valence-electron chi connectivity index (χ3n) is 3.82. The molecule has 0 aromatic heterocycles. The minimum absolute atomic E-state index is 0.00479. The summed E-state index contributed by atoms with van der Waals surface area (Å²) < 4.78 is 1.11. The molecule has 0 radical (unpaired) electrons. The molecule has 1 unspecified atom stereocenters. The summed E-state index contributed by atoms with van der Waals surface area (Å²) in [6, 6.07) is 8.44. The van der Waals surface area contributed by atoms with E-state index in [0.29, 0.717) is 0 Å². The van der Waals surface area contributed by atoms with Crippen LogP contribution in [0.25, 0.3) is 0 Å². The van der Waals surface area contributed by atoms with Crippen molar-refractivity contribution in [3.05, 3.63) is 34.3 Å². The first kappa shape index (κ1) is 15.3. The van der Waals surface area contributed by atoms with Crippen LogP contribution in [-0.4, -0.2) is 53.1 Å². The lowest BCUT2D eigenvalue weighted by Crippen LogP contribution is -2.52. The van der Waals surface area contributed by atoms with Gasteiger partial charge in [0.05, 0.1) is 6.04 Å². The molecule has 6 heteroatoms. The fourth-order valence-electron chi connectivity index (χ4n) is 2.43. The molecule has 0 bridgehead atoms. The zero-order chi connectivity index (χ0) is 14.5. The maximum absolute atomic E-state index is 8.73. The van der Waals surface area contributed by atoms with Crippen LogP contribution in [0, 0.1) is 0 Å². The lowest BCUT2D eigenvalue weighted by atomic mass is 10.1. The first-order valence-corrected chi connectivity index (χ1v) is 7.57. The normalized spacial score (nSPS) is 20.0. The van der Waals surface area contributed by atoms with Crippen LogP contribution in [0.15, 0.2) is 33.9 Å². The van der Waals surface area contributed by atoms with Crippen molar-refractivity contribution in [2.24, 2.45) is 10.9 Å². The van der Waals surface area contributed by atoms with E-state index in [0.717, 1.165) is 37.2 Å². The summed E-state index contributed by atoms with van der Waals surface area (Å²) in [6.07, 6.45) is 0. The maximum Gasteiger partial charge on any atom is 0.156 e. The number of halogens is 1. The van der Waals surface area contributed by atoms with Crippen LogP contribution in [-0.2, 0) is 6.54 Å². The van der Waals surface area contributed by atoms with E-state index in [4.69, 9.17) is 10.9 Å². The fourth-order valence-corrected chi connectivity index (χ4v) is 2.69. The molecular formula is C14H21BrN4O. The smallest absolute Gasteiger partial charge is 0.156 e. The third-order valence-corrected chi connectivity index (χ3v) is 4.35. The number of hydrogen-bond acceptors (Lipinski definition) is 4. The van der Waals surface area contributed by atoms with Gasteiger partial charge in [-0.3, -0.25) is 9.80 Å². The van der Waals surface area contributed by atoms with Crippen molar-refractivity contribution in [3.63, 3.8) is 0 Å². The zero-order valence-electron chi connectivity index (χ0n) is 11.7. The number of benzene rings is 1. The first-order valence-electron chi connectivity index (χ1n) is 6.78. The Morgan fingerprint density at radius 2 is 1.90 bits per heavy atom. The standard InChI is InChI=1S/C14H21BrN4O/c1-11(14(16)17-20)19-8-6-18(7-9-19)10-12-2-4-13(15)5-3-12/h2-5,11,20H,6-10H2,1H3,(H2,16,17). The van der Waals surface area contributed by atoms with E-state index >= 15 is 0 Å². The highest BCUT2D eigenvalue weighted by molar-refractivity contribution is 9.10. The Bertz CT molecular complexity index is 455. The predicted octanol–water partition coefficient (Wildman–Crippen LogP) is 1.70. The van der Waals surface area contributed by atoms with Gasteiger partial charge in [-0.2, -0.15) is 0 Å². The molecule has 1 aromatic carbocycles. The Balaban J connectivity index is 1.84. The van der Waals surface area contributed by atoms with Crippen molar-refractivity contribution in [1.29, 1.82) is 0 Å². The topological polar surface area (TPSA) is 65.1 Å². The Morgan fingerprint density at radius 1 is 1.30 bits per heavy atom. The van der Waals surface area contributed by atoms with Gasteiger partial charge in [-0.05, 0) is 24.6 Å². The Hall–Kier alpha value is -1.11. The second-order valence-corrected chi connectivity index (χ2v) is 6.06. The van der Waals surface area contributed by atoms with Gasteiger partial charge in [0.25, 0.3) is 0 Å². The van der Waals surface area contributed by atoms with Crippen LogP contribution >= 0.6 is 15.9 Å². The summed E-state index contributed by atoms with van der Waals surface area (Å²) >= 11 is 3.45. The van der Waals surface area contributed by atoms with Crippen LogP contribution < -0.4 is 5.73 Å². The molecule has 1 aliphatic rings. The van der Waals surface area contributed by atoms with Gasteiger partial charge in [-0.25, -0.2) is 0 Å². The highest BCUT2D eigenvalue weighted by Gasteiger charge is 2.23. The molecule has 0 aliphatic carbocycles. The van der Waals surface area contributed by atoms with Crippen LogP contribution in [0.2, 0.25) is 0 Å². The van der Waals surface area contributed by atoms with Gasteiger partial charge in [0.2, 0.25) is 0 Å².